The molecular weight excluding hydrogens is 367 g/mol. The molecule has 1 aliphatic heterocycles. The minimum atomic E-state index is -0.324. The van der Waals surface area contributed by atoms with Crippen LogP contribution < -0.4 is 0 Å². The van der Waals surface area contributed by atoms with Crippen LogP contribution in [0.15, 0.2) is 11.6 Å². The van der Waals surface area contributed by atoms with Gasteiger partial charge in [-0.15, -0.1) is 0 Å². The van der Waals surface area contributed by atoms with Gasteiger partial charge in [0.15, 0.2) is 0 Å². The number of carbonyl (C=O) groups is 1. The lowest BCUT2D eigenvalue weighted by Gasteiger charge is -2.24. The first kappa shape index (κ1) is 18.0. The van der Waals surface area contributed by atoms with E-state index in [0.717, 1.165) is 17.3 Å². The van der Waals surface area contributed by atoms with E-state index in [0.29, 0.717) is 25.2 Å². The first-order chi connectivity index (χ1) is 9.43. The molecule has 0 aliphatic carbocycles. The number of alkyl halides is 1. The standard InChI is InChI=1S/C16H27IO3/c1-11-7-8-15(13(3)10-17)20-16(19)6-4-5-14(18)12(2)9-11/h7,12-15,18H,4-6,8-10H2,1-3H3/b11-7+/t12-,13-,14?,15+/m0/s1. The Hall–Kier alpha value is -0.100. The number of aliphatic hydroxyl groups excluding tert-OH is 1. The number of ether oxygens (including phenoxy) is 1. The molecule has 0 amide bonds. The minimum Gasteiger partial charge on any atom is -0.462 e. The van der Waals surface area contributed by atoms with Crippen LogP contribution in [0.4, 0.5) is 0 Å². The Kier molecular flexibility index (Phi) is 8.10. The number of esters is 1. The maximum Gasteiger partial charge on any atom is 0.306 e. The molecular formula is C16H27IO3. The molecule has 1 aliphatic rings. The summed E-state index contributed by atoms with van der Waals surface area (Å²) in [5, 5.41) is 10.1. The maximum atomic E-state index is 11.9. The zero-order valence-electron chi connectivity index (χ0n) is 12.8. The number of aliphatic hydroxyl groups is 1. The number of halogens is 1. The third kappa shape index (κ3) is 6.12. The van der Waals surface area contributed by atoms with Crippen molar-refractivity contribution in [1.82, 2.24) is 0 Å². The molecule has 1 unspecified atom stereocenters. The summed E-state index contributed by atoms with van der Waals surface area (Å²) in [5.41, 5.74) is 1.28. The summed E-state index contributed by atoms with van der Waals surface area (Å²) in [6, 6.07) is 0. The van der Waals surface area contributed by atoms with Gasteiger partial charge in [-0.1, -0.05) is 48.1 Å². The molecule has 0 aromatic carbocycles. The van der Waals surface area contributed by atoms with E-state index in [2.05, 4.69) is 49.4 Å². The molecule has 0 aromatic rings. The van der Waals surface area contributed by atoms with E-state index < -0.39 is 0 Å². The number of rotatable bonds is 2. The highest BCUT2D eigenvalue weighted by molar-refractivity contribution is 14.1. The van der Waals surface area contributed by atoms with Gasteiger partial charge in [-0.2, -0.15) is 0 Å². The Bertz CT molecular complexity index is 341. The van der Waals surface area contributed by atoms with Crippen LogP contribution in [0.3, 0.4) is 0 Å². The van der Waals surface area contributed by atoms with Crippen LogP contribution in [0.2, 0.25) is 0 Å². The van der Waals surface area contributed by atoms with E-state index in [1.165, 1.54) is 5.57 Å². The molecule has 0 radical (unpaired) electrons. The molecule has 4 heteroatoms. The van der Waals surface area contributed by atoms with Gasteiger partial charge >= 0.3 is 5.97 Å². The van der Waals surface area contributed by atoms with Gasteiger partial charge < -0.3 is 9.84 Å². The molecule has 20 heavy (non-hydrogen) atoms. The van der Waals surface area contributed by atoms with Gasteiger partial charge in [-0.25, -0.2) is 0 Å². The van der Waals surface area contributed by atoms with E-state index in [4.69, 9.17) is 4.74 Å². The van der Waals surface area contributed by atoms with Crippen molar-refractivity contribution < 1.29 is 14.6 Å². The number of hydrogen-bond acceptors (Lipinski definition) is 3. The lowest BCUT2D eigenvalue weighted by atomic mass is 9.91. The Morgan fingerprint density at radius 2 is 2.25 bits per heavy atom. The van der Waals surface area contributed by atoms with Gasteiger partial charge in [-0.05, 0) is 32.1 Å². The average molecular weight is 394 g/mol. The topological polar surface area (TPSA) is 46.5 Å². The Balaban J connectivity index is 2.79. The van der Waals surface area contributed by atoms with Crippen molar-refractivity contribution in [3.05, 3.63) is 11.6 Å². The van der Waals surface area contributed by atoms with Gasteiger partial charge in [0.2, 0.25) is 0 Å². The smallest absolute Gasteiger partial charge is 0.306 e. The molecule has 1 N–H and O–H groups in total. The largest absolute Gasteiger partial charge is 0.462 e. The van der Waals surface area contributed by atoms with Crippen LogP contribution in [0.5, 0.6) is 0 Å². The summed E-state index contributed by atoms with van der Waals surface area (Å²) in [6.07, 6.45) is 5.32. The van der Waals surface area contributed by atoms with E-state index >= 15 is 0 Å². The fourth-order valence-corrected chi connectivity index (χ4v) is 3.08. The van der Waals surface area contributed by atoms with Crippen LogP contribution in [0, 0.1) is 11.8 Å². The highest BCUT2D eigenvalue weighted by atomic mass is 127. The fraction of sp³-hybridized carbons (Fsp3) is 0.812. The molecule has 4 atom stereocenters. The molecule has 0 saturated carbocycles. The second-order valence-electron chi connectivity index (χ2n) is 6.09. The SMILES string of the molecule is C/C1=C\C[C@H]([C@@H](C)CI)OC(=O)CCCC(O)[C@@H](C)C1. The van der Waals surface area contributed by atoms with Crippen LogP contribution in [0.25, 0.3) is 0 Å². The third-order valence-corrected chi connectivity index (χ3v) is 5.43. The normalized spacial score (nSPS) is 34.1. The van der Waals surface area contributed by atoms with Crippen molar-refractivity contribution in [2.24, 2.45) is 11.8 Å². The quantitative estimate of drug-likeness (QED) is 0.335. The molecule has 3 nitrogen and oxygen atoms in total. The second kappa shape index (κ2) is 9.03. The molecule has 1 rings (SSSR count). The summed E-state index contributed by atoms with van der Waals surface area (Å²) in [5.74, 6) is 0.495. The highest BCUT2D eigenvalue weighted by Crippen LogP contribution is 2.23. The Morgan fingerprint density at radius 1 is 1.55 bits per heavy atom. The van der Waals surface area contributed by atoms with Crippen molar-refractivity contribution in [3.8, 4) is 0 Å². The van der Waals surface area contributed by atoms with Gasteiger partial charge in [0.05, 0.1) is 6.10 Å². The zero-order valence-corrected chi connectivity index (χ0v) is 14.9. The first-order valence-electron chi connectivity index (χ1n) is 7.53. The molecule has 0 bridgehead atoms. The van der Waals surface area contributed by atoms with Crippen molar-refractivity contribution in [2.45, 2.75) is 65.1 Å². The maximum absolute atomic E-state index is 11.9. The number of hydrogen-bond donors (Lipinski definition) is 1. The fourth-order valence-electron chi connectivity index (χ4n) is 2.51. The first-order valence-corrected chi connectivity index (χ1v) is 9.05. The highest BCUT2D eigenvalue weighted by Gasteiger charge is 2.22. The Morgan fingerprint density at radius 3 is 2.90 bits per heavy atom. The lowest BCUT2D eigenvalue weighted by Crippen LogP contribution is -2.27. The molecule has 1 heterocycles. The van der Waals surface area contributed by atoms with Gasteiger partial charge in [-0.3, -0.25) is 4.79 Å². The summed E-state index contributed by atoms with van der Waals surface area (Å²) >= 11 is 2.34. The summed E-state index contributed by atoms with van der Waals surface area (Å²) in [4.78, 5) is 11.9. The van der Waals surface area contributed by atoms with Gasteiger partial charge in [0.25, 0.3) is 0 Å². The Labute approximate surface area is 136 Å². The number of allylic oxidation sites excluding steroid dienone is 1. The minimum absolute atomic E-state index is 0.0194. The summed E-state index contributed by atoms with van der Waals surface area (Å²) < 4.78 is 6.60. The third-order valence-electron chi connectivity index (χ3n) is 4.04. The predicted molar refractivity (Wildman–Crippen MR) is 89.9 cm³/mol. The average Bonchev–Trinajstić information content (AvgIpc) is 2.41. The number of cyclic esters (lactones) is 1. The molecule has 116 valence electrons. The van der Waals surface area contributed by atoms with Gasteiger partial charge in [0, 0.05) is 23.2 Å². The van der Waals surface area contributed by atoms with Gasteiger partial charge in [0.1, 0.15) is 6.10 Å². The molecule has 0 spiro atoms. The molecule has 0 fully saturated rings. The van der Waals surface area contributed by atoms with E-state index in [9.17, 15) is 9.90 Å². The van der Waals surface area contributed by atoms with Crippen LogP contribution in [-0.2, 0) is 9.53 Å². The molecule has 0 aromatic heterocycles. The van der Waals surface area contributed by atoms with Crippen LogP contribution >= 0.6 is 22.6 Å². The predicted octanol–water partition coefficient (Wildman–Crippen LogP) is 3.88. The lowest BCUT2D eigenvalue weighted by molar-refractivity contribution is -0.151. The van der Waals surface area contributed by atoms with Crippen molar-refractivity contribution in [3.63, 3.8) is 0 Å². The van der Waals surface area contributed by atoms with E-state index in [-0.39, 0.29) is 24.1 Å². The summed E-state index contributed by atoms with van der Waals surface area (Å²) in [6.45, 7) is 6.31. The van der Waals surface area contributed by atoms with Crippen molar-refractivity contribution in [2.75, 3.05) is 4.43 Å². The van der Waals surface area contributed by atoms with E-state index in [1.54, 1.807) is 0 Å². The summed E-state index contributed by atoms with van der Waals surface area (Å²) in [7, 11) is 0. The van der Waals surface area contributed by atoms with Crippen molar-refractivity contribution in [1.29, 1.82) is 0 Å². The number of carbonyl (C=O) groups excluding carboxylic acids is 1. The zero-order chi connectivity index (χ0) is 15.1. The monoisotopic (exact) mass is 394 g/mol. The second-order valence-corrected chi connectivity index (χ2v) is 6.97. The van der Waals surface area contributed by atoms with Crippen LogP contribution in [-0.4, -0.2) is 27.7 Å². The molecule has 0 saturated heterocycles. The van der Waals surface area contributed by atoms with E-state index in [1.807, 2.05) is 0 Å². The van der Waals surface area contributed by atoms with Crippen molar-refractivity contribution >= 4 is 28.6 Å². The van der Waals surface area contributed by atoms with Crippen LogP contribution in [0.1, 0.15) is 52.9 Å².